The standard InChI is InChI=1S/C21H22N4OS/c1-14-16(3)25(17-8-5-4-6-9-17)21(18(14)12-22)24-20(26)13-23-15(2)19-10-7-11-27-19/h4-11,15,23H,13H2,1-3H3,(H,24,26). The molecule has 1 unspecified atom stereocenters. The Morgan fingerprint density at radius 2 is 1.96 bits per heavy atom. The zero-order chi connectivity index (χ0) is 19.4. The SMILES string of the molecule is Cc1c(C#N)c(NC(=O)CNC(C)c2cccs2)n(-c2ccccc2)c1C. The average Bonchev–Trinajstić information content (AvgIpc) is 3.29. The Morgan fingerprint density at radius 3 is 2.59 bits per heavy atom. The van der Waals surface area contributed by atoms with E-state index in [0.717, 1.165) is 16.9 Å². The lowest BCUT2D eigenvalue weighted by molar-refractivity contribution is -0.115. The highest BCUT2D eigenvalue weighted by Gasteiger charge is 2.20. The third-order valence-corrected chi connectivity index (χ3v) is 5.69. The highest BCUT2D eigenvalue weighted by molar-refractivity contribution is 7.10. The molecule has 2 N–H and O–H groups in total. The van der Waals surface area contributed by atoms with Crippen molar-refractivity contribution in [3.05, 3.63) is 69.5 Å². The molecule has 1 aromatic carbocycles. The van der Waals surface area contributed by atoms with Crippen LogP contribution in [0.25, 0.3) is 5.69 Å². The van der Waals surface area contributed by atoms with Gasteiger partial charge in [0, 0.05) is 22.3 Å². The van der Waals surface area contributed by atoms with Crippen molar-refractivity contribution in [2.75, 3.05) is 11.9 Å². The van der Waals surface area contributed by atoms with Gasteiger partial charge in [-0.1, -0.05) is 24.3 Å². The minimum atomic E-state index is -0.176. The summed E-state index contributed by atoms with van der Waals surface area (Å²) in [6, 6.07) is 16.1. The van der Waals surface area contributed by atoms with Gasteiger partial charge in [-0.25, -0.2) is 0 Å². The highest BCUT2D eigenvalue weighted by atomic mass is 32.1. The Balaban J connectivity index is 1.82. The van der Waals surface area contributed by atoms with Crippen molar-refractivity contribution in [1.82, 2.24) is 9.88 Å². The fraction of sp³-hybridized carbons (Fsp3) is 0.238. The molecule has 0 spiro atoms. The summed E-state index contributed by atoms with van der Waals surface area (Å²) in [5.41, 5.74) is 3.22. The zero-order valence-corrected chi connectivity index (χ0v) is 16.4. The van der Waals surface area contributed by atoms with E-state index in [-0.39, 0.29) is 18.5 Å². The molecular weight excluding hydrogens is 356 g/mol. The number of rotatable bonds is 6. The zero-order valence-electron chi connectivity index (χ0n) is 15.6. The lowest BCUT2D eigenvalue weighted by atomic mass is 10.2. The second-order valence-corrected chi connectivity index (χ2v) is 7.36. The van der Waals surface area contributed by atoms with Crippen LogP contribution >= 0.6 is 11.3 Å². The number of nitrogens with one attached hydrogen (secondary N) is 2. The molecule has 0 saturated carbocycles. The van der Waals surface area contributed by atoms with E-state index in [4.69, 9.17) is 0 Å². The van der Waals surface area contributed by atoms with Gasteiger partial charge in [0.05, 0.1) is 12.1 Å². The molecule has 1 atom stereocenters. The summed E-state index contributed by atoms with van der Waals surface area (Å²) < 4.78 is 1.93. The average molecular weight is 379 g/mol. The maximum Gasteiger partial charge on any atom is 0.239 e. The van der Waals surface area contributed by atoms with E-state index in [2.05, 4.69) is 16.7 Å². The molecule has 6 heteroatoms. The molecule has 5 nitrogen and oxygen atoms in total. The van der Waals surface area contributed by atoms with Gasteiger partial charge in [0.1, 0.15) is 11.9 Å². The molecule has 0 saturated heterocycles. The molecule has 1 amide bonds. The molecule has 2 heterocycles. The predicted molar refractivity (Wildman–Crippen MR) is 109 cm³/mol. The monoisotopic (exact) mass is 378 g/mol. The molecule has 2 aromatic heterocycles. The van der Waals surface area contributed by atoms with Gasteiger partial charge in [0.25, 0.3) is 0 Å². The molecule has 138 valence electrons. The number of hydrogen-bond acceptors (Lipinski definition) is 4. The first-order valence-electron chi connectivity index (χ1n) is 8.77. The fourth-order valence-corrected chi connectivity index (χ4v) is 3.78. The minimum Gasteiger partial charge on any atom is -0.310 e. The quantitative estimate of drug-likeness (QED) is 0.671. The van der Waals surface area contributed by atoms with Gasteiger partial charge in [-0.2, -0.15) is 5.26 Å². The van der Waals surface area contributed by atoms with Crippen molar-refractivity contribution < 1.29 is 4.79 Å². The van der Waals surface area contributed by atoms with Crippen LogP contribution in [-0.2, 0) is 4.79 Å². The van der Waals surface area contributed by atoms with Crippen LogP contribution in [0.2, 0.25) is 0 Å². The van der Waals surface area contributed by atoms with Crippen molar-refractivity contribution in [1.29, 1.82) is 5.26 Å². The Morgan fingerprint density at radius 1 is 1.22 bits per heavy atom. The van der Waals surface area contributed by atoms with E-state index >= 15 is 0 Å². The Hall–Kier alpha value is -2.88. The number of para-hydroxylation sites is 1. The van der Waals surface area contributed by atoms with Gasteiger partial charge in [-0.05, 0) is 49.9 Å². The topological polar surface area (TPSA) is 69.8 Å². The lowest BCUT2D eigenvalue weighted by Crippen LogP contribution is -2.30. The molecule has 0 fully saturated rings. The van der Waals surface area contributed by atoms with Crippen molar-refractivity contribution in [2.24, 2.45) is 0 Å². The van der Waals surface area contributed by atoms with Crippen molar-refractivity contribution in [3.8, 4) is 11.8 Å². The lowest BCUT2D eigenvalue weighted by Gasteiger charge is -2.15. The third kappa shape index (κ3) is 3.95. The molecule has 0 aliphatic rings. The summed E-state index contributed by atoms with van der Waals surface area (Å²) in [5.74, 6) is 0.346. The second kappa shape index (κ2) is 8.21. The maximum absolute atomic E-state index is 12.6. The number of benzene rings is 1. The first-order chi connectivity index (χ1) is 13.0. The van der Waals surface area contributed by atoms with Crippen molar-refractivity contribution >= 4 is 23.1 Å². The van der Waals surface area contributed by atoms with E-state index < -0.39 is 0 Å². The van der Waals surface area contributed by atoms with Crippen LogP contribution in [0.15, 0.2) is 47.8 Å². The van der Waals surface area contributed by atoms with Gasteiger partial charge in [0.15, 0.2) is 0 Å². The van der Waals surface area contributed by atoms with Gasteiger partial charge >= 0.3 is 0 Å². The fourth-order valence-electron chi connectivity index (χ4n) is 3.02. The molecule has 3 rings (SSSR count). The van der Waals surface area contributed by atoms with Crippen LogP contribution in [-0.4, -0.2) is 17.0 Å². The summed E-state index contributed by atoms with van der Waals surface area (Å²) in [5, 5.41) is 17.8. The van der Waals surface area contributed by atoms with Gasteiger partial charge in [0.2, 0.25) is 5.91 Å². The Kier molecular flexibility index (Phi) is 5.75. The Labute approximate surface area is 163 Å². The van der Waals surface area contributed by atoms with Gasteiger partial charge in [-0.3, -0.25) is 9.36 Å². The molecule has 0 aliphatic heterocycles. The maximum atomic E-state index is 12.6. The number of aromatic nitrogens is 1. The third-order valence-electron chi connectivity index (χ3n) is 4.64. The Bertz CT molecular complexity index is 968. The molecule has 27 heavy (non-hydrogen) atoms. The number of nitrogens with zero attached hydrogens (tertiary/aromatic N) is 2. The van der Waals surface area contributed by atoms with Gasteiger partial charge < -0.3 is 10.6 Å². The summed E-state index contributed by atoms with van der Waals surface area (Å²) in [7, 11) is 0. The van der Waals surface area contributed by atoms with E-state index in [0.29, 0.717) is 11.4 Å². The van der Waals surface area contributed by atoms with Crippen LogP contribution in [0.5, 0.6) is 0 Å². The first kappa shape index (κ1) is 18.9. The number of hydrogen-bond donors (Lipinski definition) is 2. The molecular formula is C21H22N4OS. The number of carbonyl (C=O) groups is 1. The molecule has 0 aliphatic carbocycles. The van der Waals surface area contributed by atoms with Crippen LogP contribution < -0.4 is 10.6 Å². The smallest absolute Gasteiger partial charge is 0.239 e. The highest BCUT2D eigenvalue weighted by Crippen LogP contribution is 2.29. The summed E-state index contributed by atoms with van der Waals surface area (Å²) >= 11 is 1.66. The summed E-state index contributed by atoms with van der Waals surface area (Å²) in [6.45, 7) is 6.05. The van der Waals surface area contributed by atoms with Crippen LogP contribution in [0.1, 0.15) is 34.7 Å². The number of amides is 1. The second-order valence-electron chi connectivity index (χ2n) is 6.38. The number of carbonyl (C=O) groups excluding carboxylic acids is 1. The van der Waals surface area contributed by atoms with Crippen molar-refractivity contribution in [2.45, 2.75) is 26.8 Å². The van der Waals surface area contributed by atoms with E-state index in [1.54, 1.807) is 11.3 Å². The van der Waals surface area contributed by atoms with E-state index in [9.17, 15) is 10.1 Å². The molecule has 0 bridgehead atoms. The van der Waals surface area contributed by atoms with E-state index in [1.165, 1.54) is 4.88 Å². The van der Waals surface area contributed by atoms with Gasteiger partial charge in [-0.15, -0.1) is 11.3 Å². The van der Waals surface area contributed by atoms with Crippen LogP contribution in [0, 0.1) is 25.2 Å². The molecule has 3 aromatic rings. The van der Waals surface area contributed by atoms with Crippen LogP contribution in [0.4, 0.5) is 5.82 Å². The van der Waals surface area contributed by atoms with Crippen molar-refractivity contribution in [3.63, 3.8) is 0 Å². The summed E-state index contributed by atoms with van der Waals surface area (Å²) in [4.78, 5) is 13.7. The normalized spacial score (nSPS) is 11.8. The summed E-state index contributed by atoms with van der Waals surface area (Å²) in [6.07, 6.45) is 0. The predicted octanol–water partition coefficient (Wildman–Crippen LogP) is 4.32. The first-order valence-corrected chi connectivity index (χ1v) is 9.65. The minimum absolute atomic E-state index is 0.0931. The molecule has 0 radical (unpaired) electrons. The van der Waals surface area contributed by atoms with Crippen LogP contribution in [0.3, 0.4) is 0 Å². The number of anilines is 1. The van der Waals surface area contributed by atoms with E-state index in [1.807, 2.05) is 73.2 Å². The number of nitriles is 1. The number of thiophene rings is 1. The largest absolute Gasteiger partial charge is 0.310 e.